The number of aromatic nitrogens is 1. The third kappa shape index (κ3) is 6.63. The van der Waals surface area contributed by atoms with Gasteiger partial charge in [0, 0.05) is 29.2 Å². The van der Waals surface area contributed by atoms with Crippen LogP contribution in [0.3, 0.4) is 0 Å². The average Bonchev–Trinajstić information content (AvgIpc) is 3.30. The molecule has 0 saturated heterocycles. The number of amides is 1. The van der Waals surface area contributed by atoms with Crippen LogP contribution in [0.1, 0.15) is 63.3 Å². The number of aromatic amines is 1. The highest BCUT2D eigenvalue weighted by molar-refractivity contribution is 5.87. The Labute approximate surface area is 228 Å². The van der Waals surface area contributed by atoms with E-state index in [2.05, 4.69) is 71.9 Å². The Balaban J connectivity index is 0.000000443. The lowest BCUT2D eigenvalue weighted by Gasteiger charge is -2.51. The number of allylic oxidation sites excluding steroid dienone is 3. The third-order valence-electron chi connectivity index (χ3n) is 7.79. The van der Waals surface area contributed by atoms with Crippen molar-refractivity contribution in [1.29, 1.82) is 0 Å². The molecular formula is C33H44FN3O. The summed E-state index contributed by atoms with van der Waals surface area (Å²) in [6.45, 7) is 9.14. The summed E-state index contributed by atoms with van der Waals surface area (Å²) in [5.74, 6) is 0.138. The fourth-order valence-corrected chi connectivity index (χ4v) is 5.78. The van der Waals surface area contributed by atoms with E-state index in [0.29, 0.717) is 12.5 Å². The minimum Gasteiger partial charge on any atom is -0.356 e. The summed E-state index contributed by atoms with van der Waals surface area (Å²) in [6, 6.07) is 19.4. The van der Waals surface area contributed by atoms with Gasteiger partial charge in [-0.1, -0.05) is 60.7 Å². The Morgan fingerprint density at radius 1 is 1.11 bits per heavy atom. The van der Waals surface area contributed by atoms with Crippen LogP contribution in [0.2, 0.25) is 0 Å². The van der Waals surface area contributed by atoms with E-state index in [1.54, 1.807) is 13.0 Å². The van der Waals surface area contributed by atoms with E-state index in [9.17, 15) is 9.18 Å². The molecule has 1 aliphatic heterocycles. The van der Waals surface area contributed by atoms with Gasteiger partial charge in [-0.15, -0.1) is 6.58 Å². The zero-order valence-electron chi connectivity index (χ0n) is 23.8. The van der Waals surface area contributed by atoms with E-state index in [0.717, 1.165) is 44.2 Å². The van der Waals surface area contributed by atoms with Crippen LogP contribution in [-0.4, -0.2) is 47.4 Å². The number of hydrogen-bond donors (Lipinski definition) is 1. The van der Waals surface area contributed by atoms with Crippen molar-refractivity contribution in [3.63, 3.8) is 0 Å². The van der Waals surface area contributed by atoms with Gasteiger partial charge in [0.1, 0.15) is 0 Å². The van der Waals surface area contributed by atoms with Gasteiger partial charge in [-0.3, -0.25) is 4.79 Å². The van der Waals surface area contributed by atoms with Gasteiger partial charge in [-0.05, 0) is 84.2 Å². The van der Waals surface area contributed by atoms with E-state index in [1.807, 2.05) is 25.1 Å². The second kappa shape index (κ2) is 13.6. The molecule has 1 spiro atoms. The van der Waals surface area contributed by atoms with Crippen molar-refractivity contribution in [1.82, 2.24) is 14.8 Å². The number of benzene rings is 2. The van der Waals surface area contributed by atoms with Crippen LogP contribution in [0, 0.1) is 0 Å². The summed E-state index contributed by atoms with van der Waals surface area (Å²) in [5.41, 5.74) is 4.83. The predicted molar refractivity (Wildman–Crippen MR) is 158 cm³/mol. The van der Waals surface area contributed by atoms with Gasteiger partial charge in [-0.25, -0.2) is 4.39 Å². The van der Waals surface area contributed by atoms with Crippen LogP contribution >= 0.6 is 0 Å². The molecule has 0 atom stereocenters. The van der Waals surface area contributed by atoms with Gasteiger partial charge in [-0.2, -0.15) is 0 Å². The summed E-state index contributed by atoms with van der Waals surface area (Å²) in [6.07, 6.45) is 8.87. The summed E-state index contributed by atoms with van der Waals surface area (Å²) in [7, 11) is 4.35. The van der Waals surface area contributed by atoms with Gasteiger partial charge in [0.25, 0.3) is 0 Å². The first kappa shape index (κ1) is 29.4. The molecule has 38 heavy (non-hydrogen) atoms. The maximum Gasteiger partial charge on any atom is 0.227 e. The summed E-state index contributed by atoms with van der Waals surface area (Å²) >= 11 is 0. The molecule has 1 amide bonds. The number of rotatable bonds is 3. The highest BCUT2D eigenvalue weighted by atomic mass is 19.1. The maximum absolute atomic E-state index is 13.6. The highest BCUT2D eigenvalue weighted by Gasteiger charge is 2.48. The standard InChI is InChI=1S/C26H31N3O.C4H7F.C3H6/c1-28(2)20-12-15-26(16-13-20)25-22(21-10-6-7-11-23(21)27-25)14-17-29(26)24(30)18-19-8-4-3-5-9-19;1-3-4(2)5;1-3-2/h3-11,20,27H,12-18H2,1-2H3;3H,1-2H3;3H,1H2,2H3/b;4-3+;. The Morgan fingerprint density at radius 2 is 1.68 bits per heavy atom. The zero-order chi connectivity index (χ0) is 27.7. The minimum atomic E-state index is -0.203. The Morgan fingerprint density at radius 3 is 2.26 bits per heavy atom. The van der Waals surface area contributed by atoms with E-state index in [-0.39, 0.29) is 17.3 Å². The van der Waals surface area contributed by atoms with Crippen molar-refractivity contribution in [2.24, 2.45) is 0 Å². The lowest BCUT2D eigenvalue weighted by atomic mass is 9.72. The van der Waals surface area contributed by atoms with Crippen molar-refractivity contribution < 1.29 is 9.18 Å². The summed E-state index contributed by atoms with van der Waals surface area (Å²) in [5, 5.41) is 1.33. The predicted octanol–water partition coefficient (Wildman–Crippen LogP) is 7.57. The number of H-pyrrole nitrogens is 1. The number of fused-ring (bicyclic) bond motifs is 4. The van der Waals surface area contributed by atoms with Crippen LogP contribution in [0.15, 0.2) is 79.2 Å². The number of nitrogens with zero attached hydrogens (tertiary/aromatic N) is 2. The molecule has 0 unspecified atom stereocenters. The normalized spacial score (nSPS) is 20.8. The SMILES string of the molecule is C/C=C(\C)F.C=CC.CN(C)C1CCC2(CC1)c1[nH]c3ccccc3c1CCN2C(=O)Cc1ccccc1. The molecule has 4 nitrogen and oxygen atoms in total. The van der Waals surface area contributed by atoms with Crippen molar-refractivity contribution in [2.75, 3.05) is 20.6 Å². The molecule has 2 heterocycles. The van der Waals surface area contributed by atoms with E-state index >= 15 is 0 Å². The molecule has 1 aliphatic carbocycles. The maximum atomic E-state index is 13.6. The average molecular weight is 518 g/mol. The fraction of sp³-hybridized carbons (Fsp3) is 0.424. The monoisotopic (exact) mass is 517 g/mol. The first-order chi connectivity index (χ1) is 18.3. The van der Waals surface area contributed by atoms with Crippen LogP contribution in [0.5, 0.6) is 0 Å². The molecule has 1 N–H and O–H groups in total. The molecular weight excluding hydrogens is 473 g/mol. The molecule has 0 radical (unpaired) electrons. The minimum absolute atomic E-state index is 0.120. The molecule has 0 bridgehead atoms. The topological polar surface area (TPSA) is 39.3 Å². The largest absolute Gasteiger partial charge is 0.356 e. The van der Waals surface area contributed by atoms with Crippen molar-refractivity contribution >= 4 is 16.8 Å². The number of hydrogen-bond acceptors (Lipinski definition) is 2. The first-order valence-electron chi connectivity index (χ1n) is 13.7. The second-order valence-electron chi connectivity index (χ2n) is 10.5. The number of nitrogens with one attached hydrogen (secondary N) is 1. The highest BCUT2D eigenvalue weighted by Crippen LogP contribution is 2.48. The number of carbonyl (C=O) groups excluding carboxylic acids is 1. The number of halogens is 1. The lowest BCUT2D eigenvalue weighted by Crippen LogP contribution is -2.56. The van der Waals surface area contributed by atoms with Gasteiger partial charge in [0.05, 0.1) is 17.8 Å². The van der Waals surface area contributed by atoms with Gasteiger partial charge >= 0.3 is 0 Å². The summed E-state index contributed by atoms with van der Waals surface area (Å²) < 4.78 is 11.3. The molecule has 5 rings (SSSR count). The zero-order valence-corrected chi connectivity index (χ0v) is 23.8. The quantitative estimate of drug-likeness (QED) is 0.364. The fourth-order valence-electron chi connectivity index (χ4n) is 5.78. The van der Waals surface area contributed by atoms with Crippen LogP contribution in [-0.2, 0) is 23.2 Å². The van der Waals surface area contributed by atoms with Gasteiger partial charge in [0.15, 0.2) is 0 Å². The van der Waals surface area contributed by atoms with Crippen molar-refractivity contribution in [3.05, 3.63) is 96.0 Å². The molecule has 1 saturated carbocycles. The Hall–Kier alpha value is -3.18. The smallest absolute Gasteiger partial charge is 0.227 e. The lowest BCUT2D eigenvalue weighted by molar-refractivity contribution is -0.141. The summed E-state index contributed by atoms with van der Waals surface area (Å²) in [4.78, 5) is 21.9. The van der Waals surface area contributed by atoms with Crippen LogP contribution in [0.4, 0.5) is 4.39 Å². The molecule has 3 aromatic rings. The molecule has 1 aromatic heterocycles. The first-order valence-corrected chi connectivity index (χ1v) is 13.7. The molecule has 2 aliphatic rings. The van der Waals surface area contributed by atoms with Crippen molar-refractivity contribution in [3.8, 4) is 0 Å². The molecule has 5 heteroatoms. The molecule has 204 valence electrons. The third-order valence-corrected chi connectivity index (χ3v) is 7.79. The molecule has 1 fully saturated rings. The second-order valence-corrected chi connectivity index (χ2v) is 10.5. The van der Waals surface area contributed by atoms with E-state index in [4.69, 9.17) is 0 Å². The molecule has 2 aromatic carbocycles. The van der Waals surface area contributed by atoms with E-state index in [1.165, 1.54) is 35.2 Å². The Bertz CT molecular complexity index is 1220. The van der Waals surface area contributed by atoms with Gasteiger partial charge in [0.2, 0.25) is 5.91 Å². The van der Waals surface area contributed by atoms with Crippen LogP contribution < -0.4 is 0 Å². The van der Waals surface area contributed by atoms with Gasteiger partial charge < -0.3 is 14.8 Å². The van der Waals surface area contributed by atoms with Crippen LogP contribution in [0.25, 0.3) is 10.9 Å². The Kier molecular flexibility index (Phi) is 10.5. The van der Waals surface area contributed by atoms with E-state index < -0.39 is 0 Å². The number of carbonyl (C=O) groups is 1. The van der Waals surface area contributed by atoms with Crippen molar-refractivity contribution in [2.45, 2.75) is 70.9 Å². The number of para-hydroxylation sites is 1.